The molecular weight excluding hydrogens is 320 g/mol. The van der Waals surface area contributed by atoms with Gasteiger partial charge in [0.1, 0.15) is 6.29 Å². The molecule has 3 unspecified atom stereocenters. The number of aldehydes is 1. The molecule has 3 heteroatoms. The summed E-state index contributed by atoms with van der Waals surface area (Å²) in [4.78, 5) is 11.8. The number of hydrogen-bond acceptors (Lipinski definition) is 3. The van der Waals surface area contributed by atoms with Gasteiger partial charge in [-0.1, -0.05) is 43.3 Å². The van der Waals surface area contributed by atoms with E-state index in [1.807, 2.05) is 12.1 Å². The Morgan fingerprint density at radius 2 is 2.04 bits per heavy atom. The highest BCUT2D eigenvalue weighted by Crippen LogP contribution is 2.32. The highest BCUT2D eigenvalue weighted by molar-refractivity contribution is 5.67. The van der Waals surface area contributed by atoms with E-state index in [1.165, 1.54) is 11.1 Å². The number of nitrogens with one attached hydrogen (secondary N) is 1. The number of benzene rings is 2. The molecule has 26 heavy (non-hydrogen) atoms. The van der Waals surface area contributed by atoms with Crippen molar-refractivity contribution in [1.29, 1.82) is 0 Å². The molecule has 0 amide bonds. The van der Waals surface area contributed by atoms with Gasteiger partial charge in [0, 0.05) is 17.8 Å². The Hall–Kier alpha value is -2.13. The quantitative estimate of drug-likeness (QED) is 0.552. The van der Waals surface area contributed by atoms with Crippen LogP contribution in [-0.2, 0) is 17.6 Å². The van der Waals surface area contributed by atoms with Crippen molar-refractivity contribution in [3.8, 4) is 0 Å². The number of nitrogens with two attached hydrogens (primary N) is 1. The van der Waals surface area contributed by atoms with Gasteiger partial charge in [-0.05, 0) is 67.3 Å². The van der Waals surface area contributed by atoms with Crippen molar-refractivity contribution in [2.75, 3.05) is 5.73 Å². The Morgan fingerprint density at radius 1 is 1.23 bits per heavy atom. The lowest BCUT2D eigenvalue weighted by molar-refractivity contribution is -0.109. The number of carbonyl (C=O) groups excluding carboxylic acids is 1. The lowest BCUT2D eigenvalue weighted by Crippen LogP contribution is -2.44. The minimum absolute atomic E-state index is 0.0922. The fraction of sp³-hybridized carbons (Fsp3) is 0.435. The number of carbonyl (C=O) groups is 1. The Balaban J connectivity index is 1.60. The average Bonchev–Trinajstić information content (AvgIpc) is 2.67. The van der Waals surface area contributed by atoms with Crippen molar-refractivity contribution >= 4 is 12.0 Å². The van der Waals surface area contributed by atoms with Crippen molar-refractivity contribution in [3.05, 3.63) is 65.2 Å². The van der Waals surface area contributed by atoms with Crippen molar-refractivity contribution in [3.63, 3.8) is 0 Å². The lowest BCUT2D eigenvalue weighted by Gasteiger charge is -2.34. The first kappa shape index (κ1) is 18.7. The van der Waals surface area contributed by atoms with Crippen LogP contribution >= 0.6 is 0 Å². The van der Waals surface area contributed by atoms with E-state index in [0.717, 1.165) is 56.1 Å². The molecule has 2 aromatic carbocycles. The topological polar surface area (TPSA) is 55.1 Å². The standard InChI is InChI=1S/C23H30N2O/c1-2-20(10-6-9-17-7-4-3-5-8-17)25-23-14-12-18-11-13-19(24)15-21(18)22(23)16-26/h3-5,7-8,11,13,15-16,20,22-23,25H,2,6,9-10,12,14,24H2,1H3. The van der Waals surface area contributed by atoms with E-state index in [1.54, 1.807) is 0 Å². The SMILES string of the molecule is CCC(CCCc1ccccc1)NC1CCc2ccc(N)cc2C1C=O. The summed E-state index contributed by atoms with van der Waals surface area (Å²) in [7, 11) is 0. The molecule has 0 radical (unpaired) electrons. The number of anilines is 1. The molecular formula is C23H30N2O. The van der Waals surface area contributed by atoms with Gasteiger partial charge in [0.15, 0.2) is 0 Å². The monoisotopic (exact) mass is 350 g/mol. The Labute approximate surface area is 157 Å². The van der Waals surface area contributed by atoms with E-state index in [9.17, 15) is 4.79 Å². The summed E-state index contributed by atoms with van der Waals surface area (Å²) >= 11 is 0. The molecule has 0 saturated carbocycles. The molecule has 3 N–H and O–H groups in total. The third kappa shape index (κ3) is 4.53. The Bertz CT molecular complexity index is 713. The van der Waals surface area contributed by atoms with Gasteiger partial charge in [-0.25, -0.2) is 0 Å². The van der Waals surface area contributed by atoms with Crippen LogP contribution in [-0.4, -0.2) is 18.4 Å². The second kappa shape index (κ2) is 9.00. The molecule has 0 aliphatic heterocycles. The second-order valence-corrected chi connectivity index (χ2v) is 7.41. The Morgan fingerprint density at radius 3 is 2.77 bits per heavy atom. The maximum atomic E-state index is 11.8. The van der Waals surface area contributed by atoms with Crippen molar-refractivity contribution in [1.82, 2.24) is 5.32 Å². The molecule has 2 aromatic rings. The summed E-state index contributed by atoms with van der Waals surface area (Å²) in [6, 6.07) is 17.3. The highest BCUT2D eigenvalue weighted by Gasteiger charge is 2.30. The van der Waals surface area contributed by atoms with E-state index in [-0.39, 0.29) is 12.0 Å². The third-order valence-corrected chi connectivity index (χ3v) is 5.64. The average molecular weight is 351 g/mol. The zero-order valence-electron chi connectivity index (χ0n) is 15.7. The van der Waals surface area contributed by atoms with Crippen LogP contribution in [0.15, 0.2) is 48.5 Å². The van der Waals surface area contributed by atoms with E-state index in [4.69, 9.17) is 5.73 Å². The highest BCUT2D eigenvalue weighted by atomic mass is 16.1. The molecule has 0 saturated heterocycles. The first-order chi connectivity index (χ1) is 12.7. The fourth-order valence-electron chi connectivity index (χ4n) is 4.12. The minimum atomic E-state index is -0.0922. The molecule has 138 valence electrons. The van der Waals surface area contributed by atoms with Gasteiger partial charge in [-0.15, -0.1) is 0 Å². The maximum absolute atomic E-state index is 11.8. The van der Waals surface area contributed by atoms with Crippen LogP contribution in [0.2, 0.25) is 0 Å². The first-order valence-corrected chi connectivity index (χ1v) is 9.84. The van der Waals surface area contributed by atoms with Crippen LogP contribution in [0.1, 0.15) is 55.2 Å². The number of hydrogen-bond donors (Lipinski definition) is 2. The molecule has 0 bridgehead atoms. The van der Waals surface area contributed by atoms with Gasteiger partial charge in [-0.2, -0.15) is 0 Å². The summed E-state index contributed by atoms with van der Waals surface area (Å²) in [6.45, 7) is 2.23. The number of nitrogen functional groups attached to an aromatic ring is 1. The molecule has 3 atom stereocenters. The molecule has 1 aliphatic carbocycles. The van der Waals surface area contributed by atoms with E-state index in [2.05, 4.69) is 48.6 Å². The van der Waals surface area contributed by atoms with Gasteiger partial charge < -0.3 is 15.8 Å². The van der Waals surface area contributed by atoms with E-state index in [0.29, 0.717) is 6.04 Å². The number of fused-ring (bicyclic) bond motifs is 1. The molecule has 0 aromatic heterocycles. The summed E-state index contributed by atoms with van der Waals surface area (Å²) in [5.74, 6) is -0.0922. The predicted molar refractivity (Wildman–Crippen MR) is 108 cm³/mol. The van der Waals surface area contributed by atoms with Crippen LogP contribution in [0.4, 0.5) is 5.69 Å². The maximum Gasteiger partial charge on any atom is 0.129 e. The molecule has 1 aliphatic rings. The summed E-state index contributed by atoms with van der Waals surface area (Å²) < 4.78 is 0. The van der Waals surface area contributed by atoms with Gasteiger partial charge in [-0.3, -0.25) is 0 Å². The summed E-state index contributed by atoms with van der Waals surface area (Å²) in [5.41, 5.74) is 10.5. The smallest absolute Gasteiger partial charge is 0.129 e. The number of rotatable bonds is 8. The van der Waals surface area contributed by atoms with Crippen LogP contribution in [0.5, 0.6) is 0 Å². The van der Waals surface area contributed by atoms with Crippen LogP contribution < -0.4 is 11.1 Å². The van der Waals surface area contributed by atoms with Crippen LogP contribution in [0.25, 0.3) is 0 Å². The molecule has 0 heterocycles. The van der Waals surface area contributed by atoms with Gasteiger partial charge in [0.25, 0.3) is 0 Å². The first-order valence-electron chi connectivity index (χ1n) is 9.84. The molecule has 0 fully saturated rings. The minimum Gasteiger partial charge on any atom is -0.399 e. The van der Waals surface area contributed by atoms with Crippen molar-refractivity contribution in [2.45, 2.75) is 63.5 Å². The fourth-order valence-corrected chi connectivity index (χ4v) is 4.12. The van der Waals surface area contributed by atoms with Gasteiger partial charge in [0.05, 0.1) is 5.92 Å². The predicted octanol–water partition coefficient (Wildman–Crippen LogP) is 4.26. The zero-order valence-corrected chi connectivity index (χ0v) is 15.7. The number of aryl methyl sites for hydroxylation is 2. The molecule has 3 nitrogen and oxygen atoms in total. The summed E-state index contributed by atoms with van der Waals surface area (Å²) in [6.07, 6.45) is 7.62. The summed E-state index contributed by atoms with van der Waals surface area (Å²) in [5, 5.41) is 3.78. The second-order valence-electron chi connectivity index (χ2n) is 7.41. The third-order valence-electron chi connectivity index (χ3n) is 5.64. The zero-order chi connectivity index (χ0) is 18.4. The van der Waals surface area contributed by atoms with Gasteiger partial charge in [0.2, 0.25) is 0 Å². The van der Waals surface area contributed by atoms with Crippen molar-refractivity contribution < 1.29 is 4.79 Å². The van der Waals surface area contributed by atoms with Crippen LogP contribution in [0.3, 0.4) is 0 Å². The lowest BCUT2D eigenvalue weighted by atomic mass is 9.79. The normalized spacial score (nSPS) is 20.3. The van der Waals surface area contributed by atoms with Gasteiger partial charge >= 0.3 is 0 Å². The van der Waals surface area contributed by atoms with Crippen molar-refractivity contribution in [2.24, 2.45) is 0 Å². The van der Waals surface area contributed by atoms with E-state index >= 15 is 0 Å². The Kier molecular flexibility index (Phi) is 6.45. The largest absolute Gasteiger partial charge is 0.399 e. The van der Waals surface area contributed by atoms with Crippen LogP contribution in [0, 0.1) is 0 Å². The van der Waals surface area contributed by atoms with E-state index < -0.39 is 0 Å². The molecule has 3 rings (SSSR count). The molecule has 0 spiro atoms.